The molecule has 4 heteroatoms. The van der Waals surface area contributed by atoms with E-state index >= 15 is 0 Å². The summed E-state index contributed by atoms with van der Waals surface area (Å²) in [6.07, 6.45) is 2.94. The molecule has 3 rings (SSSR count). The zero-order valence-electron chi connectivity index (χ0n) is 14.7. The lowest BCUT2D eigenvalue weighted by molar-refractivity contribution is 0.0914. The van der Waals surface area contributed by atoms with Gasteiger partial charge in [0.05, 0.1) is 0 Å². The van der Waals surface area contributed by atoms with Crippen molar-refractivity contribution in [3.63, 3.8) is 0 Å². The second kappa shape index (κ2) is 9.59. The van der Waals surface area contributed by atoms with Gasteiger partial charge in [0.25, 0.3) is 5.91 Å². The van der Waals surface area contributed by atoms with Crippen molar-refractivity contribution >= 4 is 18.3 Å². The first-order chi connectivity index (χ1) is 11.7. The zero-order chi connectivity index (χ0) is 16.8. The van der Waals surface area contributed by atoms with Gasteiger partial charge in [0.2, 0.25) is 0 Å². The second-order valence-corrected chi connectivity index (χ2v) is 6.69. The molecule has 0 radical (unpaired) electrons. The van der Waals surface area contributed by atoms with Gasteiger partial charge in [-0.15, -0.1) is 12.4 Å². The van der Waals surface area contributed by atoms with Crippen molar-refractivity contribution in [3.8, 4) is 0 Å². The maximum absolute atomic E-state index is 12.8. The van der Waals surface area contributed by atoms with Crippen molar-refractivity contribution in [3.05, 3.63) is 71.3 Å². The van der Waals surface area contributed by atoms with E-state index in [0.717, 1.165) is 43.5 Å². The monoisotopic (exact) mass is 358 g/mol. The molecule has 2 unspecified atom stereocenters. The van der Waals surface area contributed by atoms with Gasteiger partial charge in [0, 0.05) is 18.2 Å². The van der Waals surface area contributed by atoms with E-state index in [2.05, 4.69) is 47.9 Å². The number of benzene rings is 2. The molecule has 0 aliphatic carbocycles. The van der Waals surface area contributed by atoms with E-state index < -0.39 is 0 Å². The smallest absolute Gasteiger partial charge is 0.251 e. The Hall–Kier alpha value is -1.84. The van der Waals surface area contributed by atoms with Gasteiger partial charge in [-0.1, -0.05) is 55.5 Å². The molecule has 2 N–H and O–H groups in total. The van der Waals surface area contributed by atoms with E-state index in [1.54, 1.807) is 0 Å². The van der Waals surface area contributed by atoms with Crippen LogP contribution in [0.3, 0.4) is 0 Å². The Morgan fingerprint density at radius 2 is 1.80 bits per heavy atom. The van der Waals surface area contributed by atoms with Crippen LogP contribution in [0.5, 0.6) is 0 Å². The standard InChI is InChI=1S/C21H26N2O.ClH/c1-16-13-14-22-15-20(16)23-21(24)19-10-6-5-9-18(19)12-11-17-7-3-2-4-8-17;/h2-10,16,20,22H,11-15H2,1H3,(H,23,24);1H. The molecule has 1 saturated heterocycles. The lowest BCUT2D eigenvalue weighted by Gasteiger charge is -2.30. The highest BCUT2D eigenvalue weighted by molar-refractivity contribution is 5.95. The molecule has 2 aromatic carbocycles. The molecule has 2 atom stereocenters. The fourth-order valence-electron chi connectivity index (χ4n) is 3.31. The maximum atomic E-state index is 12.8. The molecule has 1 heterocycles. The largest absolute Gasteiger partial charge is 0.348 e. The van der Waals surface area contributed by atoms with Crippen molar-refractivity contribution in [2.24, 2.45) is 5.92 Å². The molecule has 0 aromatic heterocycles. The van der Waals surface area contributed by atoms with Gasteiger partial charge in [0.1, 0.15) is 0 Å². The minimum absolute atomic E-state index is 0. The molecule has 134 valence electrons. The average Bonchev–Trinajstić information content (AvgIpc) is 2.63. The molecular formula is C21H27ClN2O. The van der Waals surface area contributed by atoms with E-state index in [9.17, 15) is 4.79 Å². The van der Waals surface area contributed by atoms with Gasteiger partial charge < -0.3 is 10.6 Å². The third-order valence-electron chi connectivity index (χ3n) is 4.93. The Morgan fingerprint density at radius 1 is 1.08 bits per heavy atom. The molecule has 0 spiro atoms. The van der Waals surface area contributed by atoms with Gasteiger partial charge in [0.15, 0.2) is 0 Å². The van der Waals surface area contributed by atoms with Crippen LogP contribution in [-0.2, 0) is 12.8 Å². The Bertz CT molecular complexity index is 675. The van der Waals surface area contributed by atoms with E-state index in [1.165, 1.54) is 5.56 Å². The fourth-order valence-corrected chi connectivity index (χ4v) is 3.31. The summed E-state index contributed by atoms with van der Waals surface area (Å²) in [6.45, 7) is 4.12. The van der Waals surface area contributed by atoms with Crippen LogP contribution in [0.4, 0.5) is 0 Å². The highest BCUT2D eigenvalue weighted by atomic mass is 35.5. The molecule has 0 bridgehead atoms. The zero-order valence-corrected chi connectivity index (χ0v) is 15.5. The molecular weight excluding hydrogens is 332 g/mol. The SMILES string of the molecule is CC1CCNCC1NC(=O)c1ccccc1CCc1ccccc1.Cl. The fraction of sp³-hybridized carbons (Fsp3) is 0.381. The number of piperidine rings is 1. The number of nitrogens with one attached hydrogen (secondary N) is 2. The van der Waals surface area contributed by atoms with Crippen molar-refractivity contribution in [2.75, 3.05) is 13.1 Å². The molecule has 0 saturated carbocycles. The normalized spacial score (nSPS) is 19.7. The Labute approximate surface area is 156 Å². The summed E-state index contributed by atoms with van der Waals surface area (Å²) >= 11 is 0. The van der Waals surface area contributed by atoms with E-state index in [-0.39, 0.29) is 24.4 Å². The minimum Gasteiger partial charge on any atom is -0.348 e. The highest BCUT2D eigenvalue weighted by Crippen LogP contribution is 2.16. The maximum Gasteiger partial charge on any atom is 0.251 e. The minimum atomic E-state index is 0. The summed E-state index contributed by atoms with van der Waals surface area (Å²) in [7, 11) is 0. The molecule has 3 nitrogen and oxygen atoms in total. The van der Waals surface area contributed by atoms with Gasteiger partial charge in [-0.2, -0.15) is 0 Å². The first kappa shape index (κ1) is 19.5. The summed E-state index contributed by atoms with van der Waals surface area (Å²) in [6, 6.07) is 18.6. The summed E-state index contributed by atoms with van der Waals surface area (Å²) < 4.78 is 0. The second-order valence-electron chi connectivity index (χ2n) is 6.69. The molecule has 1 aliphatic rings. The predicted molar refractivity (Wildman–Crippen MR) is 105 cm³/mol. The molecule has 1 fully saturated rings. The van der Waals surface area contributed by atoms with Gasteiger partial charge >= 0.3 is 0 Å². The summed E-state index contributed by atoms with van der Waals surface area (Å²) in [5, 5.41) is 6.59. The van der Waals surface area contributed by atoms with E-state index in [4.69, 9.17) is 0 Å². The predicted octanol–water partition coefficient (Wildman–Crippen LogP) is 3.62. The van der Waals surface area contributed by atoms with E-state index in [0.29, 0.717) is 5.92 Å². The Morgan fingerprint density at radius 3 is 2.56 bits per heavy atom. The molecule has 1 aliphatic heterocycles. The lowest BCUT2D eigenvalue weighted by atomic mass is 9.94. The summed E-state index contributed by atoms with van der Waals surface area (Å²) in [5.74, 6) is 0.575. The topological polar surface area (TPSA) is 41.1 Å². The van der Waals surface area contributed by atoms with Crippen molar-refractivity contribution < 1.29 is 4.79 Å². The number of hydrogen-bond acceptors (Lipinski definition) is 2. The number of aryl methyl sites for hydroxylation is 2. The molecule has 2 aromatic rings. The average molecular weight is 359 g/mol. The van der Waals surface area contributed by atoms with Crippen molar-refractivity contribution in [1.29, 1.82) is 0 Å². The Balaban J connectivity index is 0.00000225. The van der Waals surface area contributed by atoms with Crippen LogP contribution >= 0.6 is 12.4 Å². The van der Waals surface area contributed by atoms with Crippen LogP contribution in [0.15, 0.2) is 54.6 Å². The highest BCUT2D eigenvalue weighted by Gasteiger charge is 2.23. The lowest BCUT2D eigenvalue weighted by Crippen LogP contribution is -2.50. The van der Waals surface area contributed by atoms with Gasteiger partial charge in [-0.05, 0) is 48.9 Å². The van der Waals surface area contributed by atoms with Crippen molar-refractivity contribution in [2.45, 2.75) is 32.2 Å². The van der Waals surface area contributed by atoms with Gasteiger partial charge in [-0.3, -0.25) is 4.79 Å². The third kappa shape index (κ3) is 5.32. The number of hydrogen-bond donors (Lipinski definition) is 2. The number of carbonyl (C=O) groups is 1. The van der Waals surface area contributed by atoms with Crippen molar-refractivity contribution in [1.82, 2.24) is 10.6 Å². The Kier molecular flexibility index (Phi) is 7.48. The molecule has 25 heavy (non-hydrogen) atoms. The number of halogens is 1. The van der Waals surface area contributed by atoms with Crippen LogP contribution in [0.25, 0.3) is 0 Å². The third-order valence-corrected chi connectivity index (χ3v) is 4.93. The van der Waals surface area contributed by atoms with Crippen LogP contribution in [0.1, 0.15) is 34.8 Å². The summed E-state index contributed by atoms with van der Waals surface area (Å²) in [4.78, 5) is 12.8. The van der Waals surface area contributed by atoms with Gasteiger partial charge in [-0.25, -0.2) is 0 Å². The van der Waals surface area contributed by atoms with Crippen LogP contribution in [0.2, 0.25) is 0 Å². The molecule has 1 amide bonds. The van der Waals surface area contributed by atoms with Crippen LogP contribution in [0, 0.1) is 5.92 Å². The number of amides is 1. The van der Waals surface area contributed by atoms with E-state index in [1.807, 2.05) is 24.3 Å². The number of carbonyl (C=O) groups excluding carboxylic acids is 1. The summed E-state index contributed by atoms with van der Waals surface area (Å²) in [5.41, 5.74) is 3.24. The first-order valence-electron chi connectivity index (χ1n) is 8.87. The van der Waals surface area contributed by atoms with Crippen LogP contribution in [-0.4, -0.2) is 25.0 Å². The number of rotatable bonds is 5. The first-order valence-corrected chi connectivity index (χ1v) is 8.87. The van der Waals surface area contributed by atoms with Crippen LogP contribution < -0.4 is 10.6 Å². The quantitative estimate of drug-likeness (QED) is 0.857.